The second-order valence-corrected chi connectivity index (χ2v) is 6.96. The van der Waals surface area contributed by atoms with Gasteiger partial charge in [-0.25, -0.2) is 0 Å². The number of ether oxygens (including phenoxy) is 1. The molecule has 1 amide bonds. The Kier molecular flexibility index (Phi) is 4.44. The minimum Gasteiger partial charge on any atom is -0.373 e. The number of hydrogen-bond donors (Lipinski definition) is 1. The Hall–Kier alpha value is -1.10. The predicted octanol–water partition coefficient (Wildman–Crippen LogP) is 2.21. The molecule has 1 saturated carbocycles. The Bertz CT molecular complexity index is 542. The largest absolute Gasteiger partial charge is 0.373 e. The molecule has 1 aliphatic heterocycles. The summed E-state index contributed by atoms with van der Waals surface area (Å²) in [6, 6.07) is 7.65. The van der Waals surface area contributed by atoms with E-state index in [0.29, 0.717) is 5.02 Å². The third kappa shape index (κ3) is 3.14. The Balaban J connectivity index is 1.65. The van der Waals surface area contributed by atoms with E-state index >= 15 is 0 Å². The number of benzene rings is 1. The van der Waals surface area contributed by atoms with E-state index in [4.69, 9.17) is 16.3 Å². The van der Waals surface area contributed by atoms with Crippen molar-refractivity contribution >= 4 is 17.5 Å². The van der Waals surface area contributed by atoms with Crippen molar-refractivity contribution in [2.24, 2.45) is 0 Å². The summed E-state index contributed by atoms with van der Waals surface area (Å²) < 4.78 is 5.79. The molecule has 1 aromatic carbocycles. The van der Waals surface area contributed by atoms with Crippen LogP contribution in [0, 0.1) is 0 Å². The topological polar surface area (TPSA) is 41.6 Å². The molecule has 5 heteroatoms. The molecule has 0 radical (unpaired) electrons. The summed E-state index contributed by atoms with van der Waals surface area (Å²) in [5, 5.41) is 3.86. The van der Waals surface area contributed by atoms with Gasteiger partial charge in [0.25, 0.3) is 0 Å². The van der Waals surface area contributed by atoms with Crippen LogP contribution in [0.5, 0.6) is 0 Å². The minimum absolute atomic E-state index is 0.0139. The maximum atomic E-state index is 12.7. The fourth-order valence-electron chi connectivity index (χ4n) is 3.09. The van der Waals surface area contributed by atoms with Gasteiger partial charge < -0.3 is 15.0 Å². The van der Waals surface area contributed by atoms with E-state index in [0.717, 1.165) is 38.1 Å². The zero-order chi connectivity index (χ0) is 15.7. The number of rotatable bonds is 4. The van der Waals surface area contributed by atoms with Gasteiger partial charge in [-0.2, -0.15) is 0 Å². The Morgan fingerprint density at radius 1 is 1.41 bits per heavy atom. The highest BCUT2D eigenvalue weighted by atomic mass is 35.5. The molecule has 0 spiro atoms. The standard InChI is InChI=1S/C17H23ClN2O2/c1-12(15-11-20(2)9-10-22-15)19-16(21)17(7-8-17)13-3-5-14(18)6-4-13/h3-6,12,15H,7-11H2,1-2H3,(H,19,21). The van der Waals surface area contributed by atoms with Crippen molar-refractivity contribution in [1.29, 1.82) is 0 Å². The Morgan fingerprint density at radius 3 is 2.68 bits per heavy atom. The molecule has 3 rings (SSSR count). The molecule has 1 aromatic rings. The fraction of sp³-hybridized carbons (Fsp3) is 0.588. The van der Waals surface area contributed by atoms with Gasteiger partial charge in [-0.15, -0.1) is 0 Å². The maximum absolute atomic E-state index is 12.7. The molecule has 1 aliphatic carbocycles. The first-order chi connectivity index (χ1) is 10.5. The molecule has 4 nitrogen and oxygen atoms in total. The molecule has 0 bridgehead atoms. The van der Waals surface area contributed by atoms with E-state index in [1.54, 1.807) is 0 Å². The van der Waals surface area contributed by atoms with Crippen molar-refractivity contribution in [2.45, 2.75) is 37.3 Å². The second-order valence-electron chi connectivity index (χ2n) is 6.52. The van der Waals surface area contributed by atoms with E-state index in [1.165, 1.54) is 0 Å². The van der Waals surface area contributed by atoms with E-state index in [9.17, 15) is 4.79 Å². The average Bonchev–Trinajstić information content (AvgIpc) is 3.29. The third-order valence-corrected chi connectivity index (χ3v) is 5.05. The van der Waals surface area contributed by atoms with Crippen LogP contribution in [0.4, 0.5) is 0 Å². The van der Waals surface area contributed by atoms with Crippen LogP contribution in [0.25, 0.3) is 0 Å². The maximum Gasteiger partial charge on any atom is 0.230 e. The van der Waals surface area contributed by atoms with E-state index in [2.05, 4.69) is 17.3 Å². The van der Waals surface area contributed by atoms with Gasteiger partial charge in [0.2, 0.25) is 5.91 Å². The first-order valence-corrected chi connectivity index (χ1v) is 8.26. The van der Waals surface area contributed by atoms with Gasteiger partial charge in [-0.1, -0.05) is 23.7 Å². The normalized spacial score (nSPS) is 25.5. The lowest BCUT2D eigenvalue weighted by Gasteiger charge is -2.34. The van der Waals surface area contributed by atoms with Gasteiger partial charge in [0.15, 0.2) is 0 Å². The molecule has 1 heterocycles. The number of amides is 1. The molecule has 2 unspecified atom stereocenters. The van der Waals surface area contributed by atoms with Crippen LogP contribution in [-0.4, -0.2) is 49.7 Å². The number of nitrogens with one attached hydrogen (secondary N) is 1. The summed E-state index contributed by atoms with van der Waals surface area (Å²) in [6.45, 7) is 4.56. The molecule has 120 valence electrons. The smallest absolute Gasteiger partial charge is 0.230 e. The zero-order valence-corrected chi connectivity index (χ0v) is 13.9. The van der Waals surface area contributed by atoms with E-state index in [-0.39, 0.29) is 23.5 Å². The Labute approximate surface area is 136 Å². The molecule has 1 saturated heterocycles. The molecule has 2 aliphatic rings. The molecular weight excluding hydrogens is 300 g/mol. The van der Waals surface area contributed by atoms with Gasteiger partial charge in [0.1, 0.15) is 0 Å². The number of nitrogens with zero attached hydrogens (tertiary/aromatic N) is 1. The number of carbonyl (C=O) groups excluding carboxylic acids is 1. The summed E-state index contributed by atoms with van der Waals surface area (Å²) in [6.07, 6.45) is 1.86. The van der Waals surface area contributed by atoms with Crippen molar-refractivity contribution in [3.8, 4) is 0 Å². The number of carbonyl (C=O) groups is 1. The lowest BCUT2D eigenvalue weighted by Crippen LogP contribution is -2.53. The van der Waals surface area contributed by atoms with Crippen LogP contribution in [0.3, 0.4) is 0 Å². The van der Waals surface area contributed by atoms with Crippen LogP contribution >= 0.6 is 11.6 Å². The van der Waals surface area contributed by atoms with Crippen molar-refractivity contribution in [3.05, 3.63) is 34.9 Å². The Morgan fingerprint density at radius 2 is 2.09 bits per heavy atom. The van der Waals surface area contributed by atoms with Crippen molar-refractivity contribution in [2.75, 3.05) is 26.7 Å². The van der Waals surface area contributed by atoms with Crippen LogP contribution < -0.4 is 5.32 Å². The van der Waals surface area contributed by atoms with E-state index < -0.39 is 0 Å². The SMILES string of the molecule is CC(NC(=O)C1(c2ccc(Cl)cc2)CC1)C1CN(C)CCO1. The summed E-state index contributed by atoms with van der Waals surface area (Å²) in [7, 11) is 2.08. The van der Waals surface area contributed by atoms with Gasteiger partial charge in [-0.3, -0.25) is 4.79 Å². The summed E-state index contributed by atoms with van der Waals surface area (Å²) in [5.41, 5.74) is 0.697. The first-order valence-electron chi connectivity index (χ1n) is 7.88. The molecule has 22 heavy (non-hydrogen) atoms. The molecule has 0 aromatic heterocycles. The van der Waals surface area contributed by atoms with Crippen LogP contribution in [0.15, 0.2) is 24.3 Å². The van der Waals surface area contributed by atoms with Crippen molar-refractivity contribution in [1.82, 2.24) is 10.2 Å². The molecule has 2 atom stereocenters. The first kappa shape index (κ1) is 15.8. The van der Waals surface area contributed by atoms with Crippen LogP contribution in [0.2, 0.25) is 5.02 Å². The second kappa shape index (κ2) is 6.19. The average molecular weight is 323 g/mol. The summed E-state index contributed by atoms with van der Waals surface area (Å²) >= 11 is 5.94. The van der Waals surface area contributed by atoms with Gasteiger partial charge in [-0.05, 0) is 44.5 Å². The number of hydrogen-bond acceptors (Lipinski definition) is 3. The monoisotopic (exact) mass is 322 g/mol. The highest BCUT2D eigenvalue weighted by Crippen LogP contribution is 2.48. The lowest BCUT2D eigenvalue weighted by atomic mass is 9.94. The number of halogens is 1. The van der Waals surface area contributed by atoms with Gasteiger partial charge in [0, 0.05) is 18.1 Å². The summed E-state index contributed by atoms with van der Waals surface area (Å²) in [4.78, 5) is 15.0. The van der Waals surface area contributed by atoms with Crippen LogP contribution in [-0.2, 0) is 14.9 Å². The highest BCUT2D eigenvalue weighted by Gasteiger charge is 2.51. The molecule has 1 N–H and O–H groups in total. The van der Waals surface area contributed by atoms with E-state index in [1.807, 2.05) is 31.2 Å². The van der Waals surface area contributed by atoms with Crippen LogP contribution in [0.1, 0.15) is 25.3 Å². The lowest BCUT2D eigenvalue weighted by molar-refractivity contribution is -0.126. The van der Waals surface area contributed by atoms with Gasteiger partial charge >= 0.3 is 0 Å². The fourth-order valence-corrected chi connectivity index (χ4v) is 3.22. The van der Waals surface area contributed by atoms with Gasteiger partial charge in [0.05, 0.1) is 24.2 Å². The third-order valence-electron chi connectivity index (χ3n) is 4.79. The molecule has 2 fully saturated rings. The highest BCUT2D eigenvalue weighted by molar-refractivity contribution is 6.30. The number of likely N-dealkylation sites (N-methyl/N-ethyl adjacent to an activating group) is 1. The van der Waals surface area contributed by atoms with Crippen molar-refractivity contribution in [3.63, 3.8) is 0 Å². The molecular formula is C17H23ClN2O2. The number of morpholine rings is 1. The minimum atomic E-state index is -0.362. The zero-order valence-electron chi connectivity index (χ0n) is 13.1. The summed E-state index contributed by atoms with van der Waals surface area (Å²) in [5.74, 6) is 0.110. The van der Waals surface area contributed by atoms with Crippen molar-refractivity contribution < 1.29 is 9.53 Å². The predicted molar refractivity (Wildman–Crippen MR) is 87.2 cm³/mol. The quantitative estimate of drug-likeness (QED) is 0.924.